The molecule has 25 heavy (non-hydrogen) atoms. The topological polar surface area (TPSA) is 136 Å². The molecule has 0 atom stereocenters. The maximum absolute atomic E-state index is 11.9. The van der Waals surface area contributed by atoms with E-state index in [1.807, 2.05) is 0 Å². The van der Waals surface area contributed by atoms with Gasteiger partial charge in [0, 0.05) is 0 Å². The van der Waals surface area contributed by atoms with E-state index in [9.17, 15) is 15.0 Å². The highest BCUT2D eigenvalue weighted by Crippen LogP contribution is 2.25. The predicted octanol–water partition coefficient (Wildman–Crippen LogP) is 1.46. The fourth-order valence-electron chi connectivity index (χ4n) is 1.71. The Morgan fingerprint density at radius 3 is 2.52 bits per heavy atom. The van der Waals surface area contributed by atoms with Crippen LogP contribution in [0.2, 0.25) is 0 Å². The highest BCUT2D eigenvalue weighted by Gasteiger charge is 2.22. The van der Waals surface area contributed by atoms with E-state index < -0.39 is 17.5 Å². The molecule has 0 fully saturated rings. The second kappa shape index (κ2) is 9.81. The van der Waals surface area contributed by atoms with Crippen LogP contribution in [0.5, 0.6) is 11.5 Å². The van der Waals surface area contributed by atoms with Crippen LogP contribution >= 0.6 is 0 Å². The van der Waals surface area contributed by atoms with Gasteiger partial charge in [-0.2, -0.15) is 5.10 Å². The second-order valence-corrected chi connectivity index (χ2v) is 4.49. The molecule has 1 aromatic rings. The Hall–Kier alpha value is -3.23. The Labute approximate surface area is 145 Å². The zero-order chi connectivity index (χ0) is 18.8. The zero-order valence-electron chi connectivity index (χ0n) is 14.2. The quantitative estimate of drug-likeness (QED) is 0.161. The number of phenolic OH excluding ortho intramolecular Hbond substituents is 1. The Morgan fingerprint density at radius 2 is 1.96 bits per heavy atom. The number of methoxy groups -OCH3 is 1. The molecule has 0 aliphatic heterocycles. The standard InChI is InChI=1S/C16H21N3O6/c1-4-24-15(21)13(16(22)25-5-2)14(17)19-18-9-10-6-7-12(23-3)11(20)8-10/h6-9,20-21H,4-5H2,1-3H3,(H2,17,19)/b15-13-,18-9+. The highest BCUT2D eigenvalue weighted by atomic mass is 16.6. The summed E-state index contributed by atoms with van der Waals surface area (Å²) < 4.78 is 14.6. The molecule has 0 saturated carbocycles. The van der Waals surface area contributed by atoms with E-state index in [0.29, 0.717) is 11.3 Å². The minimum atomic E-state index is -0.882. The van der Waals surface area contributed by atoms with E-state index in [2.05, 4.69) is 10.2 Å². The van der Waals surface area contributed by atoms with E-state index in [4.69, 9.17) is 19.9 Å². The number of aliphatic hydroxyl groups is 1. The van der Waals surface area contributed by atoms with Crippen molar-refractivity contribution in [2.45, 2.75) is 13.8 Å². The highest BCUT2D eigenvalue weighted by molar-refractivity contribution is 6.18. The van der Waals surface area contributed by atoms with Gasteiger partial charge in [0.2, 0.25) is 0 Å². The molecule has 0 unspecified atom stereocenters. The van der Waals surface area contributed by atoms with E-state index >= 15 is 0 Å². The lowest BCUT2D eigenvalue weighted by Gasteiger charge is -2.08. The third-order valence-corrected chi connectivity index (χ3v) is 2.81. The molecule has 1 aromatic carbocycles. The Balaban J connectivity index is 3.04. The van der Waals surface area contributed by atoms with Crippen molar-refractivity contribution in [2.24, 2.45) is 15.9 Å². The molecular formula is C16H21N3O6. The Morgan fingerprint density at radius 1 is 1.28 bits per heavy atom. The number of hydrogen-bond acceptors (Lipinski definition) is 8. The number of carbonyl (C=O) groups is 1. The molecular weight excluding hydrogens is 330 g/mol. The summed E-state index contributed by atoms with van der Waals surface area (Å²) in [6, 6.07) is 4.59. The molecule has 4 N–H and O–H groups in total. The molecule has 0 bridgehead atoms. The van der Waals surface area contributed by atoms with E-state index in [1.54, 1.807) is 26.0 Å². The van der Waals surface area contributed by atoms with Crippen molar-refractivity contribution in [3.8, 4) is 11.5 Å². The lowest BCUT2D eigenvalue weighted by atomic mass is 10.2. The number of ether oxygens (including phenoxy) is 3. The first kappa shape index (κ1) is 19.8. The number of benzene rings is 1. The number of esters is 1. The summed E-state index contributed by atoms with van der Waals surface area (Å²) in [6.07, 6.45) is 1.30. The number of rotatable bonds is 8. The molecule has 0 aliphatic rings. The van der Waals surface area contributed by atoms with E-state index in [1.165, 1.54) is 19.4 Å². The number of carbonyl (C=O) groups excluding carboxylic acids is 1. The Kier molecular flexibility index (Phi) is 7.77. The summed E-state index contributed by atoms with van der Waals surface area (Å²) in [5.74, 6) is -1.70. The smallest absolute Gasteiger partial charge is 0.349 e. The summed E-state index contributed by atoms with van der Waals surface area (Å²) in [6.45, 7) is 3.44. The van der Waals surface area contributed by atoms with E-state index in [-0.39, 0.29) is 24.8 Å². The maximum atomic E-state index is 11.9. The van der Waals surface area contributed by atoms with Gasteiger partial charge in [-0.05, 0) is 37.6 Å². The second-order valence-electron chi connectivity index (χ2n) is 4.49. The predicted molar refractivity (Wildman–Crippen MR) is 91.8 cm³/mol. The van der Waals surface area contributed by atoms with Crippen LogP contribution in [-0.4, -0.2) is 48.6 Å². The number of nitrogens with zero attached hydrogens (tertiary/aromatic N) is 2. The van der Waals surface area contributed by atoms with Gasteiger partial charge in [0.05, 0.1) is 26.5 Å². The summed E-state index contributed by atoms with van der Waals surface area (Å²) >= 11 is 0. The maximum Gasteiger partial charge on any atom is 0.349 e. The van der Waals surface area contributed by atoms with Crippen LogP contribution in [0.1, 0.15) is 19.4 Å². The van der Waals surface area contributed by atoms with Gasteiger partial charge in [0.25, 0.3) is 5.95 Å². The molecule has 0 spiro atoms. The Bertz CT molecular complexity index is 697. The monoisotopic (exact) mass is 351 g/mol. The van der Waals surface area contributed by atoms with Crippen molar-refractivity contribution in [2.75, 3.05) is 20.3 Å². The minimum absolute atomic E-state index is 0.0653. The van der Waals surface area contributed by atoms with Gasteiger partial charge in [0.1, 0.15) is 0 Å². The van der Waals surface area contributed by atoms with Crippen LogP contribution in [0.4, 0.5) is 0 Å². The molecule has 9 heteroatoms. The molecule has 0 heterocycles. The first-order valence-electron chi connectivity index (χ1n) is 7.41. The number of aliphatic hydroxyl groups excluding tert-OH is 1. The lowest BCUT2D eigenvalue weighted by Crippen LogP contribution is -2.25. The van der Waals surface area contributed by atoms with Crippen molar-refractivity contribution >= 4 is 18.0 Å². The first-order valence-corrected chi connectivity index (χ1v) is 7.41. The molecule has 0 aliphatic carbocycles. The molecule has 0 amide bonds. The fourth-order valence-corrected chi connectivity index (χ4v) is 1.71. The summed E-state index contributed by atoms with van der Waals surface area (Å²) in [5.41, 5.74) is 5.79. The summed E-state index contributed by atoms with van der Waals surface area (Å²) in [7, 11) is 1.43. The molecule has 0 saturated heterocycles. The third kappa shape index (κ3) is 5.72. The van der Waals surface area contributed by atoms with Gasteiger partial charge in [-0.25, -0.2) is 4.79 Å². The molecule has 0 aromatic heterocycles. The average molecular weight is 351 g/mol. The van der Waals surface area contributed by atoms with Crippen molar-refractivity contribution < 1.29 is 29.2 Å². The van der Waals surface area contributed by atoms with Crippen molar-refractivity contribution in [3.05, 3.63) is 35.3 Å². The van der Waals surface area contributed by atoms with E-state index in [0.717, 1.165) is 0 Å². The van der Waals surface area contributed by atoms with Crippen molar-refractivity contribution in [1.29, 1.82) is 0 Å². The molecule has 136 valence electrons. The van der Waals surface area contributed by atoms with Crippen molar-refractivity contribution in [1.82, 2.24) is 0 Å². The lowest BCUT2D eigenvalue weighted by molar-refractivity contribution is -0.138. The first-order chi connectivity index (χ1) is 11.9. The number of hydrogen-bond donors (Lipinski definition) is 3. The van der Waals surface area contributed by atoms with Gasteiger partial charge in [-0.1, -0.05) is 0 Å². The molecule has 0 radical (unpaired) electrons. The van der Waals surface area contributed by atoms with Crippen LogP contribution in [0.3, 0.4) is 0 Å². The third-order valence-electron chi connectivity index (χ3n) is 2.81. The van der Waals surface area contributed by atoms with Crippen molar-refractivity contribution in [3.63, 3.8) is 0 Å². The SMILES string of the molecule is CCOC(=O)C(/C(N)=N/N=C/c1ccc(OC)c(O)c1)=C(/O)OCC. The summed E-state index contributed by atoms with van der Waals surface area (Å²) in [5, 5.41) is 26.8. The van der Waals surface area contributed by atoms with Gasteiger partial charge in [-0.3, -0.25) is 0 Å². The van der Waals surface area contributed by atoms with Crippen LogP contribution in [0.15, 0.2) is 39.9 Å². The summed E-state index contributed by atoms with van der Waals surface area (Å²) in [4.78, 5) is 11.9. The van der Waals surface area contributed by atoms with Gasteiger partial charge >= 0.3 is 5.97 Å². The van der Waals surface area contributed by atoms with Crippen LogP contribution in [-0.2, 0) is 14.3 Å². The minimum Gasteiger partial charge on any atom is -0.504 e. The van der Waals surface area contributed by atoms with Crippen LogP contribution < -0.4 is 10.5 Å². The van der Waals surface area contributed by atoms with Gasteiger partial charge in [-0.15, -0.1) is 5.10 Å². The van der Waals surface area contributed by atoms with Gasteiger partial charge in [0.15, 0.2) is 22.9 Å². The zero-order valence-corrected chi connectivity index (χ0v) is 14.2. The number of aromatic hydroxyl groups is 1. The molecule has 9 nitrogen and oxygen atoms in total. The normalized spacial score (nSPS) is 12.7. The fraction of sp³-hybridized carbons (Fsp3) is 0.312. The largest absolute Gasteiger partial charge is 0.504 e. The van der Waals surface area contributed by atoms with Crippen LogP contribution in [0, 0.1) is 0 Å². The average Bonchev–Trinajstić information content (AvgIpc) is 2.55. The number of nitrogens with two attached hydrogens (primary N) is 1. The number of phenols is 1. The number of amidine groups is 1. The van der Waals surface area contributed by atoms with Crippen LogP contribution in [0.25, 0.3) is 0 Å². The molecule has 1 rings (SSSR count). The van der Waals surface area contributed by atoms with Gasteiger partial charge < -0.3 is 30.2 Å².